The number of hydrogen-bond acceptors (Lipinski definition) is 9. The average molecular weight is 370 g/mol. The van der Waals surface area contributed by atoms with Crippen LogP contribution in [0.4, 0.5) is 0 Å². The number of aromatic hydroxyl groups is 1. The molecule has 11 heteroatoms. The molecule has 1 aromatic carbocycles. The summed E-state index contributed by atoms with van der Waals surface area (Å²) in [4.78, 5) is 40.3. The molecule has 26 heavy (non-hydrogen) atoms. The summed E-state index contributed by atoms with van der Waals surface area (Å²) in [6, 6.07) is 6.22. The first kappa shape index (κ1) is 20.7. The summed E-state index contributed by atoms with van der Waals surface area (Å²) in [5.41, 5.74) is 0.713. The van der Waals surface area contributed by atoms with E-state index in [1.54, 1.807) is 12.1 Å². The van der Waals surface area contributed by atoms with Crippen molar-refractivity contribution in [1.82, 2.24) is 0 Å². The highest BCUT2D eigenvalue weighted by Gasteiger charge is 2.15. The average Bonchev–Trinajstić information content (AvgIpc) is 2.58. The third kappa shape index (κ3) is 9.70. The number of carbonyl (C=O) groups is 1. The normalized spacial score (nSPS) is 11.7. The minimum Gasteiger partial charge on any atom is -0.508 e. The summed E-state index contributed by atoms with van der Waals surface area (Å²) in [5, 5.41) is 27.5. The first-order chi connectivity index (χ1) is 12.4. The second-order valence-electron chi connectivity index (χ2n) is 5.06. The standard InChI is InChI=1S/C15H18N2O9/c18-13-7-4-12(5-8-13)6-9-15(19)24-10-2-1-3-14(26-17(22)23)11-25-16(20)21/h4-9,14,18H,1-3,10-11H2. The predicted octanol–water partition coefficient (Wildman–Crippen LogP) is 1.90. The van der Waals surface area contributed by atoms with Gasteiger partial charge < -0.3 is 19.5 Å². The van der Waals surface area contributed by atoms with E-state index >= 15 is 0 Å². The predicted molar refractivity (Wildman–Crippen MR) is 86.8 cm³/mol. The number of benzene rings is 1. The van der Waals surface area contributed by atoms with Gasteiger partial charge in [-0.05, 0) is 43.0 Å². The number of phenols is 1. The zero-order valence-corrected chi connectivity index (χ0v) is 13.7. The van der Waals surface area contributed by atoms with Crippen molar-refractivity contribution in [2.75, 3.05) is 13.2 Å². The molecule has 0 spiro atoms. The van der Waals surface area contributed by atoms with Crippen LogP contribution in [0.5, 0.6) is 5.75 Å². The molecule has 0 saturated carbocycles. The van der Waals surface area contributed by atoms with Crippen molar-refractivity contribution in [3.05, 3.63) is 56.1 Å². The Bertz CT molecular complexity index is 631. The van der Waals surface area contributed by atoms with Gasteiger partial charge in [-0.15, -0.1) is 20.2 Å². The highest BCUT2D eigenvalue weighted by Crippen LogP contribution is 2.11. The molecular formula is C15H18N2O9. The molecule has 142 valence electrons. The molecule has 0 aliphatic carbocycles. The molecule has 0 aliphatic rings. The van der Waals surface area contributed by atoms with Crippen molar-refractivity contribution in [2.24, 2.45) is 0 Å². The van der Waals surface area contributed by atoms with Gasteiger partial charge in [0.05, 0.1) is 6.61 Å². The second kappa shape index (κ2) is 11.2. The summed E-state index contributed by atoms with van der Waals surface area (Å²) >= 11 is 0. The van der Waals surface area contributed by atoms with E-state index in [9.17, 15) is 25.0 Å². The van der Waals surface area contributed by atoms with Crippen molar-refractivity contribution < 1.29 is 34.5 Å². The van der Waals surface area contributed by atoms with Crippen LogP contribution in [0.3, 0.4) is 0 Å². The van der Waals surface area contributed by atoms with Crippen LogP contribution < -0.4 is 0 Å². The van der Waals surface area contributed by atoms with Crippen molar-refractivity contribution >= 4 is 12.0 Å². The zero-order valence-electron chi connectivity index (χ0n) is 13.7. The molecule has 0 aromatic heterocycles. The summed E-state index contributed by atoms with van der Waals surface area (Å²) < 4.78 is 4.96. The van der Waals surface area contributed by atoms with Gasteiger partial charge in [0.25, 0.3) is 10.2 Å². The number of unbranched alkanes of at least 4 members (excludes halogenated alkanes) is 1. The first-order valence-electron chi connectivity index (χ1n) is 7.59. The Hall–Kier alpha value is -3.37. The molecule has 1 aromatic rings. The summed E-state index contributed by atoms with van der Waals surface area (Å²) in [6.45, 7) is -0.469. The molecule has 0 bridgehead atoms. The second-order valence-corrected chi connectivity index (χ2v) is 5.06. The van der Waals surface area contributed by atoms with E-state index in [1.807, 2.05) is 0 Å². The third-order valence-corrected chi connectivity index (χ3v) is 3.07. The number of ether oxygens (including phenoxy) is 1. The van der Waals surface area contributed by atoms with Crippen LogP contribution in [0.25, 0.3) is 6.08 Å². The van der Waals surface area contributed by atoms with E-state index in [2.05, 4.69) is 9.68 Å². The Balaban J connectivity index is 2.24. The lowest BCUT2D eigenvalue weighted by Crippen LogP contribution is -2.24. The van der Waals surface area contributed by atoms with Gasteiger partial charge in [-0.3, -0.25) is 0 Å². The van der Waals surface area contributed by atoms with Crippen molar-refractivity contribution in [3.8, 4) is 5.75 Å². The highest BCUT2D eigenvalue weighted by molar-refractivity contribution is 5.87. The van der Waals surface area contributed by atoms with Gasteiger partial charge in [0.1, 0.15) is 18.5 Å². The Kier molecular flexibility index (Phi) is 8.93. The van der Waals surface area contributed by atoms with Crippen LogP contribution in [0.1, 0.15) is 24.8 Å². The molecule has 1 N–H and O–H groups in total. The van der Waals surface area contributed by atoms with Crippen molar-refractivity contribution in [1.29, 1.82) is 0 Å². The lowest BCUT2D eigenvalue weighted by Gasteiger charge is -2.13. The fourth-order valence-electron chi connectivity index (χ4n) is 1.88. The van der Waals surface area contributed by atoms with Crippen molar-refractivity contribution in [2.45, 2.75) is 25.4 Å². The maximum absolute atomic E-state index is 11.5. The molecule has 1 rings (SSSR count). The van der Waals surface area contributed by atoms with Crippen LogP contribution in [0.15, 0.2) is 30.3 Å². The van der Waals surface area contributed by atoms with E-state index in [1.165, 1.54) is 24.3 Å². The topological polar surface area (TPSA) is 151 Å². The lowest BCUT2D eigenvalue weighted by atomic mass is 10.2. The Morgan fingerprint density at radius 2 is 1.85 bits per heavy atom. The smallest absolute Gasteiger partial charge is 0.330 e. The molecule has 1 atom stereocenters. The number of nitrogens with zero attached hydrogens (tertiary/aromatic N) is 2. The zero-order chi connectivity index (χ0) is 19.4. The van der Waals surface area contributed by atoms with Gasteiger partial charge in [0.15, 0.2) is 0 Å². The number of esters is 1. The largest absolute Gasteiger partial charge is 0.508 e. The number of hydrogen-bond donors (Lipinski definition) is 1. The third-order valence-electron chi connectivity index (χ3n) is 3.07. The van der Waals surface area contributed by atoms with Crippen molar-refractivity contribution in [3.63, 3.8) is 0 Å². The Labute approximate surface area is 148 Å². The minimum atomic E-state index is -1.07. The Morgan fingerprint density at radius 3 is 2.46 bits per heavy atom. The fourth-order valence-corrected chi connectivity index (χ4v) is 1.88. The maximum atomic E-state index is 11.5. The van der Waals surface area contributed by atoms with E-state index in [0.717, 1.165) is 0 Å². The highest BCUT2D eigenvalue weighted by atomic mass is 17.0. The number of carbonyl (C=O) groups excluding carboxylic acids is 1. The van der Waals surface area contributed by atoms with Crippen LogP contribution >= 0.6 is 0 Å². The molecule has 0 saturated heterocycles. The van der Waals surface area contributed by atoms with Crippen LogP contribution in [-0.4, -0.2) is 40.6 Å². The molecule has 0 aliphatic heterocycles. The summed E-state index contributed by atoms with van der Waals surface area (Å²) in [7, 11) is 0. The van der Waals surface area contributed by atoms with E-state index in [-0.39, 0.29) is 18.8 Å². The monoisotopic (exact) mass is 370 g/mol. The van der Waals surface area contributed by atoms with Gasteiger partial charge in [-0.1, -0.05) is 12.1 Å². The van der Waals surface area contributed by atoms with Crippen LogP contribution in [0, 0.1) is 20.2 Å². The fraction of sp³-hybridized carbons (Fsp3) is 0.400. The SMILES string of the molecule is O=C(C=Cc1ccc(O)cc1)OCCCCC(CO[N+](=O)[O-])O[N+](=O)[O-]. The molecule has 11 nitrogen and oxygen atoms in total. The molecule has 0 amide bonds. The minimum absolute atomic E-state index is 0.0834. The van der Waals surface area contributed by atoms with E-state index in [4.69, 9.17) is 9.84 Å². The summed E-state index contributed by atoms with van der Waals surface area (Å²) in [6.07, 6.45) is 2.60. The van der Waals surface area contributed by atoms with Gasteiger partial charge >= 0.3 is 5.97 Å². The molecule has 0 heterocycles. The van der Waals surface area contributed by atoms with Crippen LogP contribution in [-0.2, 0) is 19.2 Å². The quantitative estimate of drug-likeness (QED) is 0.191. The Morgan fingerprint density at radius 1 is 1.15 bits per heavy atom. The number of rotatable bonds is 12. The van der Waals surface area contributed by atoms with Gasteiger partial charge in [-0.2, -0.15) is 0 Å². The summed E-state index contributed by atoms with van der Waals surface area (Å²) in [5.74, 6) is -0.444. The van der Waals surface area contributed by atoms with E-state index in [0.29, 0.717) is 18.4 Å². The van der Waals surface area contributed by atoms with Crippen LogP contribution in [0.2, 0.25) is 0 Å². The molecule has 1 unspecified atom stereocenters. The molecule has 0 radical (unpaired) electrons. The van der Waals surface area contributed by atoms with Gasteiger partial charge in [0.2, 0.25) is 0 Å². The maximum Gasteiger partial charge on any atom is 0.330 e. The number of phenolic OH excluding ortho intramolecular Hbond substituents is 1. The van der Waals surface area contributed by atoms with E-state index < -0.39 is 28.9 Å². The van der Waals surface area contributed by atoms with Gasteiger partial charge in [-0.25, -0.2) is 4.79 Å². The van der Waals surface area contributed by atoms with Gasteiger partial charge in [0, 0.05) is 6.08 Å². The lowest BCUT2D eigenvalue weighted by molar-refractivity contribution is -0.790. The molecule has 0 fully saturated rings. The molecular weight excluding hydrogens is 352 g/mol. The first-order valence-corrected chi connectivity index (χ1v) is 7.59.